The van der Waals surface area contributed by atoms with E-state index in [4.69, 9.17) is 5.73 Å². The summed E-state index contributed by atoms with van der Waals surface area (Å²) in [4.78, 5) is 2.29. The Hall–Kier alpha value is -1.38. The standard InChI is InChI=1S/C11H17N3/c1-13-10-7-11-8(6-9(10)12)4-3-5-14(11)2/h6-7,13H,3-5,12H2,1-2H3. The summed E-state index contributed by atoms with van der Waals surface area (Å²) >= 11 is 0. The monoisotopic (exact) mass is 191 g/mol. The van der Waals surface area contributed by atoms with Crippen molar-refractivity contribution in [2.45, 2.75) is 12.8 Å². The minimum absolute atomic E-state index is 0.849. The van der Waals surface area contributed by atoms with Crippen LogP contribution >= 0.6 is 0 Å². The minimum atomic E-state index is 0.849. The fourth-order valence-corrected chi connectivity index (χ4v) is 2.05. The minimum Gasteiger partial charge on any atom is -0.397 e. The van der Waals surface area contributed by atoms with E-state index in [1.54, 1.807) is 0 Å². The Morgan fingerprint density at radius 2 is 2.21 bits per heavy atom. The van der Waals surface area contributed by atoms with E-state index in [1.807, 2.05) is 7.05 Å². The molecule has 1 aromatic carbocycles. The fraction of sp³-hybridized carbons (Fsp3) is 0.455. The van der Waals surface area contributed by atoms with Gasteiger partial charge < -0.3 is 16.0 Å². The van der Waals surface area contributed by atoms with E-state index >= 15 is 0 Å². The molecule has 0 spiro atoms. The van der Waals surface area contributed by atoms with Crippen molar-refractivity contribution in [3.8, 4) is 0 Å². The van der Waals surface area contributed by atoms with Gasteiger partial charge in [0.25, 0.3) is 0 Å². The Morgan fingerprint density at radius 1 is 1.43 bits per heavy atom. The zero-order valence-electron chi connectivity index (χ0n) is 8.80. The van der Waals surface area contributed by atoms with Crippen molar-refractivity contribution in [1.29, 1.82) is 0 Å². The Morgan fingerprint density at radius 3 is 2.93 bits per heavy atom. The molecule has 1 heterocycles. The molecular formula is C11H17N3. The molecule has 0 radical (unpaired) electrons. The molecular weight excluding hydrogens is 174 g/mol. The number of rotatable bonds is 1. The van der Waals surface area contributed by atoms with Gasteiger partial charge in [0.15, 0.2) is 0 Å². The molecule has 3 N–H and O–H groups in total. The second-order valence-corrected chi connectivity index (χ2v) is 3.84. The van der Waals surface area contributed by atoms with Gasteiger partial charge in [0, 0.05) is 26.3 Å². The summed E-state index contributed by atoms with van der Waals surface area (Å²) in [5.74, 6) is 0. The third kappa shape index (κ3) is 1.39. The van der Waals surface area contributed by atoms with Crippen molar-refractivity contribution in [1.82, 2.24) is 0 Å². The van der Waals surface area contributed by atoms with E-state index in [1.165, 1.54) is 17.7 Å². The highest BCUT2D eigenvalue weighted by Gasteiger charge is 2.15. The lowest BCUT2D eigenvalue weighted by Gasteiger charge is -2.28. The number of fused-ring (bicyclic) bond motifs is 1. The topological polar surface area (TPSA) is 41.3 Å². The first kappa shape index (κ1) is 9.19. The first-order valence-corrected chi connectivity index (χ1v) is 5.03. The van der Waals surface area contributed by atoms with Gasteiger partial charge >= 0.3 is 0 Å². The number of hydrogen-bond acceptors (Lipinski definition) is 3. The van der Waals surface area contributed by atoms with Gasteiger partial charge in [0.05, 0.1) is 11.4 Å². The number of hydrogen-bond donors (Lipinski definition) is 2. The molecule has 0 unspecified atom stereocenters. The van der Waals surface area contributed by atoms with Crippen LogP contribution in [0.25, 0.3) is 0 Å². The molecule has 1 aromatic rings. The summed E-state index contributed by atoms with van der Waals surface area (Å²) in [7, 11) is 4.04. The zero-order valence-corrected chi connectivity index (χ0v) is 8.80. The first-order valence-electron chi connectivity index (χ1n) is 5.03. The summed E-state index contributed by atoms with van der Waals surface area (Å²) in [6, 6.07) is 4.24. The van der Waals surface area contributed by atoms with Gasteiger partial charge in [-0.25, -0.2) is 0 Å². The lowest BCUT2D eigenvalue weighted by atomic mass is 10.0. The zero-order chi connectivity index (χ0) is 10.1. The normalized spacial score (nSPS) is 15.1. The highest BCUT2D eigenvalue weighted by atomic mass is 15.1. The Bertz CT molecular complexity index is 347. The van der Waals surface area contributed by atoms with Crippen LogP contribution in [0.4, 0.5) is 17.1 Å². The van der Waals surface area contributed by atoms with E-state index < -0.39 is 0 Å². The number of anilines is 3. The molecule has 14 heavy (non-hydrogen) atoms. The fourth-order valence-electron chi connectivity index (χ4n) is 2.05. The molecule has 0 saturated carbocycles. The van der Waals surface area contributed by atoms with E-state index in [0.29, 0.717) is 0 Å². The van der Waals surface area contributed by atoms with Gasteiger partial charge in [-0.2, -0.15) is 0 Å². The van der Waals surface area contributed by atoms with Crippen LogP contribution in [0.15, 0.2) is 12.1 Å². The maximum Gasteiger partial charge on any atom is 0.0592 e. The van der Waals surface area contributed by atoms with Gasteiger partial charge in [0.1, 0.15) is 0 Å². The van der Waals surface area contributed by atoms with Crippen molar-refractivity contribution in [2.75, 3.05) is 36.6 Å². The largest absolute Gasteiger partial charge is 0.397 e. The molecule has 3 heteroatoms. The molecule has 0 atom stereocenters. The molecule has 2 rings (SSSR count). The quantitative estimate of drug-likeness (QED) is 0.664. The predicted molar refractivity (Wildman–Crippen MR) is 62.0 cm³/mol. The predicted octanol–water partition coefficient (Wildman–Crippen LogP) is 1.69. The number of benzene rings is 1. The third-order valence-corrected chi connectivity index (χ3v) is 2.87. The van der Waals surface area contributed by atoms with Crippen LogP contribution in [0.1, 0.15) is 12.0 Å². The second-order valence-electron chi connectivity index (χ2n) is 3.84. The SMILES string of the molecule is CNc1cc2c(cc1N)CCCN2C. The molecule has 76 valence electrons. The van der Waals surface area contributed by atoms with Crippen LogP contribution in [-0.4, -0.2) is 20.6 Å². The Labute approximate surface area is 84.9 Å². The molecule has 3 nitrogen and oxygen atoms in total. The van der Waals surface area contributed by atoms with Crippen LogP contribution in [0, 0.1) is 0 Å². The van der Waals surface area contributed by atoms with Crippen molar-refractivity contribution in [3.05, 3.63) is 17.7 Å². The third-order valence-electron chi connectivity index (χ3n) is 2.87. The van der Waals surface area contributed by atoms with Crippen LogP contribution in [-0.2, 0) is 6.42 Å². The van der Waals surface area contributed by atoms with E-state index in [-0.39, 0.29) is 0 Å². The first-order chi connectivity index (χ1) is 6.72. The van der Waals surface area contributed by atoms with E-state index in [0.717, 1.165) is 24.3 Å². The molecule has 0 aliphatic carbocycles. The van der Waals surface area contributed by atoms with Crippen LogP contribution in [0.3, 0.4) is 0 Å². The maximum absolute atomic E-state index is 5.92. The van der Waals surface area contributed by atoms with E-state index in [9.17, 15) is 0 Å². The lowest BCUT2D eigenvalue weighted by Crippen LogP contribution is -2.24. The van der Waals surface area contributed by atoms with Gasteiger partial charge in [-0.15, -0.1) is 0 Å². The summed E-state index contributed by atoms with van der Waals surface area (Å²) in [6.07, 6.45) is 2.37. The number of nitrogens with one attached hydrogen (secondary N) is 1. The van der Waals surface area contributed by atoms with E-state index in [2.05, 4.69) is 29.4 Å². The van der Waals surface area contributed by atoms with Gasteiger partial charge in [-0.1, -0.05) is 0 Å². The average molecular weight is 191 g/mol. The molecule has 1 aliphatic rings. The van der Waals surface area contributed by atoms with Crippen LogP contribution in [0.5, 0.6) is 0 Å². The highest BCUT2D eigenvalue weighted by Crippen LogP contribution is 2.32. The van der Waals surface area contributed by atoms with Crippen molar-refractivity contribution in [2.24, 2.45) is 0 Å². The summed E-state index contributed by atoms with van der Waals surface area (Å²) in [5, 5.41) is 3.11. The summed E-state index contributed by atoms with van der Waals surface area (Å²) in [6.45, 7) is 1.14. The van der Waals surface area contributed by atoms with Gasteiger partial charge in [-0.3, -0.25) is 0 Å². The van der Waals surface area contributed by atoms with Crippen molar-refractivity contribution in [3.63, 3.8) is 0 Å². The lowest BCUT2D eigenvalue weighted by molar-refractivity contribution is 0.745. The number of aryl methyl sites for hydroxylation is 1. The molecule has 0 saturated heterocycles. The maximum atomic E-state index is 5.92. The van der Waals surface area contributed by atoms with Crippen molar-refractivity contribution >= 4 is 17.1 Å². The number of nitrogens with zero attached hydrogens (tertiary/aromatic N) is 1. The molecule has 0 amide bonds. The molecule has 0 bridgehead atoms. The summed E-state index contributed by atoms with van der Waals surface area (Å²) < 4.78 is 0. The van der Waals surface area contributed by atoms with Crippen molar-refractivity contribution < 1.29 is 0 Å². The Balaban J connectivity index is 2.49. The number of nitrogens with two attached hydrogens (primary N) is 1. The molecule has 0 fully saturated rings. The molecule has 1 aliphatic heterocycles. The van der Waals surface area contributed by atoms with Crippen LogP contribution < -0.4 is 16.0 Å². The summed E-state index contributed by atoms with van der Waals surface area (Å²) in [5.41, 5.74) is 10.5. The smallest absolute Gasteiger partial charge is 0.0592 e. The second kappa shape index (κ2) is 3.40. The van der Waals surface area contributed by atoms with Gasteiger partial charge in [-0.05, 0) is 30.5 Å². The highest BCUT2D eigenvalue weighted by molar-refractivity contribution is 5.75. The van der Waals surface area contributed by atoms with Crippen LogP contribution in [0.2, 0.25) is 0 Å². The van der Waals surface area contributed by atoms with Gasteiger partial charge in [0.2, 0.25) is 0 Å². The Kier molecular flexibility index (Phi) is 2.23. The molecule has 0 aromatic heterocycles. The number of nitrogen functional groups attached to an aromatic ring is 1. The average Bonchev–Trinajstić information content (AvgIpc) is 2.17.